The highest BCUT2D eigenvalue weighted by Crippen LogP contribution is 2.24. The molecule has 0 radical (unpaired) electrons. The van der Waals surface area contributed by atoms with Gasteiger partial charge in [-0.3, -0.25) is 4.79 Å². The van der Waals surface area contributed by atoms with Gasteiger partial charge in [0.05, 0.1) is 5.01 Å². The molecule has 1 aliphatic heterocycles. The highest BCUT2D eigenvalue weighted by Gasteiger charge is 2.41. The second-order valence-electron chi connectivity index (χ2n) is 6.46. The van der Waals surface area contributed by atoms with Gasteiger partial charge in [-0.1, -0.05) is 6.07 Å². The van der Waals surface area contributed by atoms with Gasteiger partial charge < -0.3 is 15.3 Å². The highest BCUT2D eigenvalue weighted by atomic mass is 32.1. The van der Waals surface area contributed by atoms with Gasteiger partial charge in [-0.2, -0.15) is 0 Å². The minimum atomic E-state index is -1.47. The first-order valence-electron chi connectivity index (χ1n) is 8.53. The fourth-order valence-corrected chi connectivity index (χ4v) is 3.73. The fourth-order valence-electron chi connectivity index (χ4n) is 3.11. The Morgan fingerprint density at radius 3 is 2.92 bits per heavy atom. The monoisotopic (exact) mass is 381 g/mol. The van der Waals surface area contributed by atoms with Crippen molar-refractivity contribution in [2.24, 2.45) is 0 Å². The molecule has 2 aromatic rings. The maximum absolute atomic E-state index is 13.4. The maximum Gasteiger partial charge on any atom is 0.256 e. The van der Waals surface area contributed by atoms with Gasteiger partial charge >= 0.3 is 0 Å². The molecule has 1 saturated heterocycles. The molecule has 1 amide bonds. The SMILES string of the molecule is O=C1N(Cc2ccc(F)c(F)c2)CCC[C@@]1(O)CNCCc1nccs1. The van der Waals surface area contributed by atoms with Gasteiger partial charge in [0.1, 0.15) is 0 Å². The van der Waals surface area contributed by atoms with E-state index in [1.54, 1.807) is 17.5 Å². The maximum atomic E-state index is 13.4. The van der Waals surface area contributed by atoms with E-state index in [1.807, 2.05) is 5.38 Å². The molecular formula is C18H21F2N3O2S. The van der Waals surface area contributed by atoms with Crippen LogP contribution in [0.1, 0.15) is 23.4 Å². The zero-order chi connectivity index (χ0) is 18.6. The number of aromatic nitrogens is 1. The molecule has 0 unspecified atom stereocenters. The fraction of sp³-hybridized carbons (Fsp3) is 0.444. The van der Waals surface area contributed by atoms with E-state index in [0.717, 1.165) is 23.6 Å². The number of nitrogens with zero attached hydrogens (tertiary/aromatic N) is 2. The van der Waals surface area contributed by atoms with Crippen LogP contribution < -0.4 is 5.32 Å². The number of amides is 1. The van der Waals surface area contributed by atoms with Crippen LogP contribution in [0.25, 0.3) is 0 Å². The normalized spacial score (nSPS) is 20.6. The molecule has 26 heavy (non-hydrogen) atoms. The van der Waals surface area contributed by atoms with Crippen molar-refractivity contribution in [3.05, 3.63) is 52.0 Å². The summed E-state index contributed by atoms with van der Waals surface area (Å²) in [6.45, 7) is 1.41. The summed E-state index contributed by atoms with van der Waals surface area (Å²) in [7, 11) is 0. The number of benzene rings is 1. The number of carbonyl (C=O) groups is 1. The van der Waals surface area contributed by atoms with E-state index in [0.29, 0.717) is 31.5 Å². The van der Waals surface area contributed by atoms with Gasteiger partial charge in [0.15, 0.2) is 17.2 Å². The molecule has 0 aliphatic carbocycles. The van der Waals surface area contributed by atoms with Gasteiger partial charge in [0.25, 0.3) is 5.91 Å². The van der Waals surface area contributed by atoms with Crippen LogP contribution in [-0.4, -0.2) is 46.1 Å². The third kappa shape index (κ3) is 4.44. The summed E-state index contributed by atoms with van der Waals surface area (Å²) in [5, 5.41) is 16.8. The average molecular weight is 381 g/mol. The van der Waals surface area contributed by atoms with Crippen molar-refractivity contribution in [1.29, 1.82) is 0 Å². The first-order chi connectivity index (χ1) is 12.5. The molecule has 0 bridgehead atoms. The molecular weight excluding hydrogens is 360 g/mol. The van der Waals surface area contributed by atoms with Crippen LogP contribution in [0.3, 0.4) is 0 Å². The lowest BCUT2D eigenvalue weighted by atomic mass is 9.91. The summed E-state index contributed by atoms with van der Waals surface area (Å²) in [6, 6.07) is 3.58. The number of hydrogen-bond acceptors (Lipinski definition) is 5. The van der Waals surface area contributed by atoms with E-state index < -0.39 is 17.2 Å². The van der Waals surface area contributed by atoms with Crippen LogP contribution in [-0.2, 0) is 17.8 Å². The predicted molar refractivity (Wildman–Crippen MR) is 94.6 cm³/mol. The Kier molecular flexibility index (Phi) is 5.95. The lowest BCUT2D eigenvalue weighted by molar-refractivity contribution is -0.157. The summed E-state index contributed by atoms with van der Waals surface area (Å²) in [5.74, 6) is -2.24. The minimum absolute atomic E-state index is 0.150. The number of hydrogen-bond donors (Lipinski definition) is 2. The number of piperidine rings is 1. The largest absolute Gasteiger partial charge is 0.379 e. The number of nitrogens with one attached hydrogen (secondary N) is 1. The molecule has 1 fully saturated rings. The van der Waals surface area contributed by atoms with Gasteiger partial charge in [0, 0.05) is 44.2 Å². The van der Waals surface area contributed by atoms with Crippen molar-refractivity contribution in [3.8, 4) is 0 Å². The van der Waals surface area contributed by atoms with Crippen molar-refractivity contribution < 1.29 is 18.7 Å². The van der Waals surface area contributed by atoms with Gasteiger partial charge in [-0.15, -0.1) is 11.3 Å². The quantitative estimate of drug-likeness (QED) is 0.721. The molecule has 1 atom stereocenters. The first-order valence-corrected chi connectivity index (χ1v) is 9.41. The molecule has 0 saturated carbocycles. The van der Waals surface area contributed by atoms with E-state index in [-0.39, 0.29) is 19.0 Å². The van der Waals surface area contributed by atoms with Crippen molar-refractivity contribution in [2.45, 2.75) is 31.4 Å². The number of rotatable bonds is 7. The average Bonchev–Trinajstić information content (AvgIpc) is 3.13. The third-order valence-corrected chi connectivity index (χ3v) is 5.32. The summed E-state index contributed by atoms with van der Waals surface area (Å²) in [6.07, 6.45) is 3.51. The molecule has 2 N–H and O–H groups in total. The van der Waals surface area contributed by atoms with Gasteiger partial charge in [-0.05, 0) is 30.5 Å². The van der Waals surface area contributed by atoms with Crippen LogP contribution in [0, 0.1) is 11.6 Å². The van der Waals surface area contributed by atoms with E-state index in [4.69, 9.17) is 0 Å². The Morgan fingerprint density at radius 1 is 1.35 bits per heavy atom. The molecule has 140 valence electrons. The predicted octanol–water partition coefficient (Wildman–Crippen LogP) is 2.11. The zero-order valence-electron chi connectivity index (χ0n) is 14.3. The lowest BCUT2D eigenvalue weighted by Crippen LogP contribution is -2.57. The highest BCUT2D eigenvalue weighted by molar-refractivity contribution is 7.09. The lowest BCUT2D eigenvalue weighted by Gasteiger charge is -2.38. The Hall–Kier alpha value is -1.90. The smallest absolute Gasteiger partial charge is 0.256 e. The molecule has 8 heteroatoms. The second kappa shape index (κ2) is 8.20. The van der Waals surface area contributed by atoms with Crippen LogP contribution in [0.15, 0.2) is 29.8 Å². The molecule has 3 rings (SSSR count). The Bertz CT molecular complexity index is 757. The van der Waals surface area contributed by atoms with E-state index >= 15 is 0 Å². The Balaban J connectivity index is 1.56. The summed E-state index contributed by atoms with van der Waals surface area (Å²) in [4.78, 5) is 18.4. The molecule has 1 aromatic carbocycles. The standard InChI is InChI=1S/C18H21F2N3O2S/c19-14-3-2-13(10-15(14)20)11-23-8-1-5-18(25,17(23)24)12-21-6-4-16-22-7-9-26-16/h2-3,7,9-10,21,25H,1,4-6,8,11-12H2/t18-/m1/s1. The van der Waals surface area contributed by atoms with E-state index in [1.165, 1.54) is 11.0 Å². The number of aliphatic hydroxyl groups is 1. The summed E-state index contributed by atoms with van der Waals surface area (Å²) >= 11 is 1.57. The minimum Gasteiger partial charge on any atom is -0.379 e. The van der Waals surface area contributed by atoms with E-state index in [9.17, 15) is 18.7 Å². The summed E-state index contributed by atoms with van der Waals surface area (Å²) in [5.41, 5.74) is -0.974. The van der Waals surface area contributed by atoms with Crippen molar-refractivity contribution in [3.63, 3.8) is 0 Å². The van der Waals surface area contributed by atoms with Crippen molar-refractivity contribution in [2.75, 3.05) is 19.6 Å². The molecule has 1 aromatic heterocycles. The number of thiazole rings is 1. The van der Waals surface area contributed by atoms with Crippen LogP contribution in [0.2, 0.25) is 0 Å². The Morgan fingerprint density at radius 2 is 2.19 bits per heavy atom. The molecule has 0 spiro atoms. The van der Waals surface area contributed by atoms with Crippen molar-refractivity contribution >= 4 is 17.2 Å². The number of halogens is 2. The van der Waals surface area contributed by atoms with Gasteiger partial charge in [-0.25, -0.2) is 13.8 Å². The molecule has 5 nitrogen and oxygen atoms in total. The molecule has 2 heterocycles. The number of carbonyl (C=O) groups excluding carboxylic acids is 1. The van der Waals surface area contributed by atoms with Crippen LogP contribution >= 0.6 is 11.3 Å². The zero-order valence-corrected chi connectivity index (χ0v) is 15.1. The van der Waals surface area contributed by atoms with Gasteiger partial charge in [0.2, 0.25) is 0 Å². The number of likely N-dealkylation sites (tertiary alicyclic amines) is 1. The first kappa shape index (κ1) is 18.9. The summed E-state index contributed by atoms with van der Waals surface area (Å²) < 4.78 is 26.4. The second-order valence-corrected chi connectivity index (χ2v) is 7.44. The van der Waals surface area contributed by atoms with Crippen molar-refractivity contribution in [1.82, 2.24) is 15.2 Å². The molecule has 1 aliphatic rings. The van der Waals surface area contributed by atoms with Crippen LogP contribution in [0.4, 0.5) is 8.78 Å². The van der Waals surface area contributed by atoms with Crippen LogP contribution in [0.5, 0.6) is 0 Å². The third-order valence-electron chi connectivity index (χ3n) is 4.48. The Labute approximate surface area is 154 Å². The topological polar surface area (TPSA) is 65.5 Å². The van der Waals surface area contributed by atoms with E-state index in [2.05, 4.69) is 10.3 Å².